The van der Waals surface area contributed by atoms with Gasteiger partial charge < -0.3 is 16.4 Å². The maximum absolute atomic E-state index is 14.8. The molecule has 188 valence electrons. The van der Waals surface area contributed by atoms with Crippen molar-refractivity contribution in [1.29, 1.82) is 0 Å². The number of nitrogens with two attached hydrogens (primary N) is 1. The van der Waals surface area contributed by atoms with Crippen LogP contribution in [0.15, 0.2) is 59.2 Å². The highest BCUT2D eigenvalue weighted by Crippen LogP contribution is 2.49. The van der Waals surface area contributed by atoms with Crippen LogP contribution >= 0.6 is 0 Å². The van der Waals surface area contributed by atoms with Crippen LogP contribution in [0.5, 0.6) is 0 Å². The minimum atomic E-state index is -0.646. The number of nitrogens with zero attached hydrogens (tertiary/aromatic N) is 1. The summed E-state index contributed by atoms with van der Waals surface area (Å²) in [5.41, 5.74) is 12.0. The minimum Gasteiger partial charge on any atom is -0.404 e. The number of carbonyl (C=O) groups excluding carboxylic acids is 2. The van der Waals surface area contributed by atoms with Gasteiger partial charge >= 0.3 is 0 Å². The Balaban J connectivity index is 1.66. The number of rotatable bonds is 11. The highest BCUT2D eigenvalue weighted by atomic mass is 19.1. The monoisotopic (exact) mass is 488 g/mol. The Hall–Kier alpha value is -3.74. The maximum Gasteiger partial charge on any atom is 0.284 e. The van der Waals surface area contributed by atoms with Crippen molar-refractivity contribution in [3.63, 3.8) is 0 Å². The van der Waals surface area contributed by atoms with Crippen LogP contribution < -0.4 is 16.4 Å². The lowest BCUT2D eigenvalue weighted by molar-refractivity contribution is -0.131. The van der Waals surface area contributed by atoms with E-state index in [1.54, 1.807) is 12.3 Å². The molecule has 0 bridgehead atoms. The zero-order chi connectivity index (χ0) is 25.5. The molecule has 6 nitrogen and oxygen atoms in total. The molecule has 2 aliphatic carbocycles. The zero-order valence-corrected chi connectivity index (χ0v) is 20.6. The first-order valence-electron chi connectivity index (χ1n) is 12.5. The van der Waals surface area contributed by atoms with Gasteiger partial charge in [-0.2, -0.15) is 0 Å². The Morgan fingerprint density at radius 2 is 1.97 bits per heavy atom. The van der Waals surface area contributed by atoms with Crippen molar-refractivity contribution in [2.24, 2.45) is 10.7 Å². The minimum absolute atomic E-state index is 0.255. The number of hydrogen-bond donors (Lipinski definition) is 3. The number of halogens is 1. The van der Waals surface area contributed by atoms with Crippen molar-refractivity contribution in [3.8, 4) is 0 Å². The molecule has 2 aromatic carbocycles. The fourth-order valence-corrected chi connectivity index (χ4v) is 4.48. The molecular formula is C29H33FN4O2. The zero-order valence-electron chi connectivity index (χ0n) is 20.6. The van der Waals surface area contributed by atoms with Crippen molar-refractivity contribution in [2.45, 2.75) is 57.5 Å². The van der Waals surface area contributed by atoms with Crippen molar-refractivity contribution in [2.75, 3.05) is 6.54 Å². The quantitative estimate of drug-likeness (QED) is 0.245. The molecule has 4 N–H and O–H groups in total. The van der Waals surface area contributed by atoms with E-state index in [1.165, 1.54) is 17.8 Å². The van der Waals surface area contributed by atoms with Crippen molar-refractivity contribution in [3.05, 3.63) is 82.3 Å². The fraction of sp³-hybridized carbons (Fsp3) is 0.345. The van der Waals surface area contributed by atoms with E-state index in [4.69, 9.17) is 5.73 Å². The van der Waals surface area contributed by atoms with Crippen LogP contribution in [0, 0.1) is 5.82 Å². The number of aldehydes is 1. The summed E-state index contributed by atoms with van der Waals surface area (Å²) < 4.78 is 14.8. The van der Waals surface area contributed by atoms with Crippen LogP contribution in [0.4, 0.5) is 4.39 Å². The van der Waals surface area contributed by atoms with Crippen molar-refractivity contribution < 1.29 is 14.0 Å². The van der Waals surface area contributed by atoms with Crippen LogP contribution in [0.3, 0.4) is 0 Å². The number of hydrogen-bond acceptors (Lipinski definition) is 5. The average Bonchev–Trinajstić information content (AvgIpc) is 3.64. The molecule has 0 radical (unpaired) electrons. The third-order valence-corrected chi connectivity index (χ3v) is 6.82. The van der Waals surface area contributed by atoms with Crippen molar-refractivity contribution in [1.82, 2.24) is 10.6 Å². The smallest absolute Gasteiger partial charge is 0.284 e. The van der Waals surface area contributed by atoms with Crippen LogP contribution in [-0.2, 0) is 21.7 Å². The lowest BCUT2D eigenvalue weighted by atomic mass is 9.86. The molecule has 36 heavy (non-hydrogen) atoms. The van der Waals surface area contributed by atoms with Crippen molar-refractivity contribution >= 4 is 29.7 Å². The second kappa shape index (κ2) is 11.3. The van der Waals surface area contributed by atoms with Gasteiger partial charge in [0.2, 0.25) is 6.29 Å². The van der Waals surface area contributed by atoms with Gasteiger partial charge in [-0.25, -0.2) is 4.39 Å². The Morgan fingerprint density at radius 1 is 1.19 bits per heavy atom. The number of amides is 1. The molecule has 0 aromatic heterocycles. The second-order valence-electron chi connectivity index (χ2n) is 9.42. The first-order chi connectivity index (χ1) is 17.5. The SMILES string of the molecule is CCCN=C/C(=C\N)c1cc(F)cc(C2(NC(=C3CCC3)c3ccccc3CNC(=O)C=O)CC2)c1. The summed E-state index contributed by atoms with van der Waals surface area (Å²) in [7, 11) is 0. The van der Waals surface area contributed by atoms with Crippen LogP contribution in [0.2, 0.25) is 0 Å². The number of benzene rings is 2. The second-order valence-corrected chi connectivity index (χ2v) is 9.42. The summed E-state index contributed by atoms with van der Waals surface area (Å²) >= 11 is 0. The summed E-state index contributed by atoms with van der Waals surface area (Å²) in [6.07, 6.45) is 9.26. The Labute approximate surface area is 211 Å². The molecule has 4 rings (SSSR count). The average molecular weight is 489 g/mol. The summed E-state index contributed by atoms with van der Waals surface area (Å²) in [6, 6.07) is 13.0. The van der Waals surface area contributed by atoms with Crippen LogP contribution in [0.1, 0.15) is 67.7 Å². The number of carbonyl (C=O) groups is 2. The molecule has 2 aliphatic rings. The van der Waals surface area contributed by atoms with Gasteiger partial charge in [0.1, 0.15) is 5.82 Å². The first-order valence-corrected chi connectivity index (χ1v) is 12.5. The number of allylic oxidation sites excluding steroid dienone is 2. The molecular weight excluding hydrogens is 455 g/mol. The van der Waals surface area contributed by atoms with Gasteiger partial charge in [-0.1, -0.05) is 31.2 Å². The molecule has 0 heterocycles. The third kappa shape index (κ3) is 5.73. The summed E-state index contributed by atoms with van der Waals surface area (Å²) in [5, 5.41) is 6.44. The molecule has 2 aromatic rings. The van der Waals surface area contributed by atoms with E-state index in [-0.39, 0.29) is 24.2 Å². The van der Waals surface area contributed by atoms with Crippen LogP contribution in [0.25, 0.3) is 11.3 Å². The lowest BCUT2D eigenvalue weighted by Crippen LogP contribution is -2.31. The molecule has 0 spiro atoms. The molecule has 0 atom stereocenters. The first kappa shape index (κ1) is 25.4. The highest BCUT2D eigenvalue weighted by Gasteiger charge is 2.46. The van der Waals surface area contributed by atoms with Gasteiger partial charge in [0, 0.05) is 42.3 Å². The topological polar surface area (TPSA) is 96.6 Å². The van der Waals surface area contributed by atoms with Gasteiger partial charge in [-0.05, 0) is 79.0 Å². The number of nitrogens with one attached hydrogen (secondary N) is 2. The van der Waals surface area contributed by atoms with E-state index in [0.29, 0.717) is 17.7 Å². The molecule has 2 saturated carbocycles. The van der Waals surface area contributed by atoms with Gasteiger partial charge in [0.05, 0.1) is 5.54 Å². The maximum atomic E-state index is 14.8. The van der Waals surface area contributed by atoms with Gasteiger partial charge in [0.25, 0.3) is 5.91 Å². The van der Waals surface area contributed by atoms with E-state index in [0.717, 1.165) is 60.9 Å². The van der Waals surface area contributed by atoms with Gasteiger partial charge in [-0.15, -0.1) is 0 Å². The molecule has 0 aliphatic heterocycles. The lowest BCUT2D eigenvalue weighted by Gasteiger charge is -2.30. The van der Waals surface area contributed by atoms with Gasteiger partial charge in [0.15, 0.2) is 0 Å². The summed E-state index contributed by atoms with van der Waals surface area (Å²) in [4.78, 5) is 26.7. The Bertz CT molecular complexity index is 1220. The molecule has 0 unspecified atom stereocenters. The predicted octanol–water partition coefficient (Wildman–Crippen LogP) is 4.60. The highest BCUT2D eigenvalue weighted by molar-refractivity contribution is 6.23. The van der Waals surface area contributed by atoms with Crippen LogP contribution in [-0.4, -0.2) is 25.0 Å². The molecule has 2 fully saturated rings. The third-order valence-electron chi connectivity index (χ3n) is 6.82. The summed E-state index contributed by atoms with van der Waals surface area (Å²) in [6.45, 7) is 2.99. The van der Waals surface area contributed by atoms with E-state index >= 15 is 0 Å². The largest absolute Gasteiger partial charge is 0.404 e. The Kier molecular flexibility index (Phi) is 7.98. The van der Waals surface area contributed by atoms with E-state index in [9.17, 15) is 14.0 Å². The summed E-state index contributed by atoms with van der Waals surface area (Å²) in [5.74, 6) is -0.957. The fourth-order valence-electron chi connectivity index (χ4n) is 4.48. The standard InChI is InChI=1S/C29H33FN4O2/c1-2-12-32-17-23(16-31)22-13-24(15-25(30)14-22)29(10-11-29)34-28(20-7-5-8-20)26-9-4-3-6-21(26)18-33-27(36)19-35/h3-4,6,9,13-17,19,34H,2,5,7-8,10-12,18,31H2,1H3,(H,33,36)/b23-16+,32-17?. The Morgan fingerprint density at radius 3 is 2.61 bits per heavy atom. The molecule has 7 heteroatoms. The predicted molar refractivity (Wildman–Crippen MR) is 141 cm³/mol. The molecule has 1 amide bonds. The van der Waals surface area contributed by atoms with E-state index in [2.05, 4.69) is 22.5 Å². The number of aliphatic imine (C=N–C) groups is 1. The van der Waals surface area contributed by atoms with Gasteiger partial charge in [-0.3, -0.25) is 14.6 Å². The van der Waals surface area contributed by atoms with E-state index < -0.39 is 5.91 Å². The molecule has 0 saturated heterocycles. The normalized spacial score (nSPS) is 16.4. The van der Waals surface area contributed by atoms with E-state index in [1.807, 2.05) is 30.3 Å².